The second-order valence-electron chi connectivity index (χ2n) is 4.74. The zero-order valence-electron chi connectivity index (χ0n) is 12.0. The topological polar surface area (TPSA) is 69.5 Å². The Bertz CT molecular complexity index is 773. The molecule has 0 spiro atoms. The molecule has 0 fully saturated rings. The van der Waals surface area contributed by atoms with Crippen LogP contribution in [-0.4, -0.2) is 24.2 Å². The van der Waals surface area contributed by atoms with Crippen LogP contribution >= 0.6 is 15.9 Å². The molecule has 1 N–H and O–H groups in total. The molecule has 0 atom stereocenters. The van der Waals surface area contributed by atoms with Gasteiger partial charge in [0.1, 0.15) is 11.5 Å². The van der Waals surface area contributed by atoms with Gasteiger partial charge in [0.25, 0.3) is 5.91 Å². The Morgan fingerprint density at radius 1 is 1.45 bits per heavy atom. The summed E-state index contributed by atoms with van der Waals surface area (Å²) in [6, 6.07) is 7.17. The van der Waals surface area contributed by atoms with E-state index in [0.29, 0.717) is 41.4 Å². The first-order valence-corrected chi connectivity index (χ1v) is 7.56. The molecular formula is C15H15BrN2O4. The lowest BCUT2D eigenvalue weighted by Gasteiger charge is -2.09. The first-order chi connectivity index (χ1) is 10.7. The van der Waals surface area contributed by atoms with E-state index in [1.807, 2.05) is 16.7 Å². The van der Waals surface area contributed by atoms with Crippen molar-refractivity contribution in [3.63, 3.8) is 0 Å². The zero-order valence-corrected chi connectivity index (χ0v) is 13.6. The van der Waals surface area contributed by atoms with Gasteiger partial charge in [-0.1, -0.05) is 0 Å². The van der Waals surface area contributed by atoms with Gasteiger partial charge in [0.05, 0.1) is 24.9 Å². The van der Waals surface area contributed by atoms with E-state index >= 15 is 0 Å². The number of halogens is 1. The highest BCUT2D eigenvalue weighted by Gasteiger charge is 2.18. The third-order valence-electron chi connectivity index (χ3n) is 3.31. The van der Waals surface area contributed by atoms with E-state index in [-0.39, 0.29) is 5.91 Å². The molecule has 22 heavy (non-hydrogen) atoms. The molecule has 116 valence electrons. The van der Waals surface area contributed by atoms with Crippen LogP contribution < -0.4 is 5.32 Å². The maximum Gasteiger partial charge on any atom is 0.268 e. The van der Waals surface area contributed by atoms with Crippen LogP contribution in [0.15, 0.2) is 44.0 Å². The van der Waals surface area contributed by atoms with Crippen molar-refractivity contribution in [3.05, 3.63) is 46.7 Å². The molecule has 0 bridgehead atoms. The van der Waals surface area contributed by atoms with Crippen LogP contribution in [0, 0.1) is 0 Å². The highest BCUT2D eigenvalue weighted by Crippen LogP contribution is 2.27. The van der Waals surface area contributed by atoms with Crippen molar-refractivity contribution in [2.24, 2.45) is 0 Å². The Balaban J connectivity index is 1.84. The number of ether oxygens (including phenoxy) is 1. The maximum atomic E-state index is 12.4. The van der Waals surface area contributed by atoms with Crippen LogP contribution in [0.2, 0.25) is 0 Å². The Labute approximate surface area is 135 Å². The Kier molecular flexibility index (Phi) is 4.35. The average molecular weight is 367 g/mol. The molecule has 0 aliphatic carbocycles. The summed E-state index contributed by atoms with van der Waals surface area (Å²) in [4.78, 5) is 12.4. The van der Waals surface area contributed by atoms with Gasteiger partial charge in [0.15, 0.2) is 10.3 Å². The van der Waals surface area contributed by atoms with Crippen LogP contribution in [0.1, 0.15) is 16.2 Å². The second kappa shape index (κ2) is 6.41. The minimum atomic E-state index is -0.185. The number of hydrogen-bond donors (Lipinski definition) is 1. The van der Waals surface area contributed by atoms with Crippen molar-refractivity contribution in [2.45, 2.75) is 13.1 Å². The van der Waals surface area contributed by atoms with Gasteiger partial charge in [-0.15, -0.1) is 0 Å². The molecule has 3 heterocycles. The molecule has 1 amide bonds. The van der Waals surface area contributed by atoms with Gasteiger partial charge in [-0.05, 0) is 28.1 Å². The minimum absolute atomic E-state index is 0.185. The van der Waals surface area contributed by atoms with Gasteiger partial charge in [-0.25, -0.2) is 0 Å². The molecule has 0 aliphatic heterocycles. The Morgan fingerprint density at radius 3 is 3.05 bits per heavy atom. The number of nitrogens with one attached hydrogen (secondary N) is 1. The molecular weight excluding hydrogens is 352 g/mol. The molecule has 0 unspecified atom stereocenters. The molecule has 6 nitrogen and oxygen atoms in total. The third kappa shape index (κ3) is 2.95. The molecule has 3 rings (SSSR count). The fraction of sp³-hybridized carbons (Fsp3) is 0.267. The van der Waals surface area contributed by atoms with Gasteiger partial charge >= 0.3 is 0 Å². The van der Waals surface area contributed by atoms with Gasteiger partial charge in [-0.2, -0.15) is 0 Å². The van der Waals surface area contributed by atoms with E-state index in [2.05, 4.69) is 21.2 Å². The number of carbonyl (C=O) groups is 1. The average Bonchev–Trinajstić information content (AvgIpc) is 3.19. The summed E-state index contributed by atoms with van der Waals surface area (Å²) in [5.74, 6) is 0.518. The summed E-state index contributed by atoms with van der Waals surface area (Å²) in [5.41, 5.74) is 2.04. The molecule has 7 heteroatoms. The van der Waals surface area contributed by atoms with E-state index in [1.54, 1.807) is 25.5 Å². The number of methoxy groups -OCH3 is 1. The van der Waals surface area contributed by atoms with Gasteiger partial charge < -0.3 is 23.5 Å². The number of hydrogen-bond acceptors (Lipinski definition) is 4. The number of rotatable bonds is 6. The molecule has 0 saturated heterocycles. The van der Waals surface area contributed by atoms with E-state index < -0.39 is 0 Å². The number of aromatic nitrogens is 1. The smallest absolute Gasteiger partial charge is 0.268 e. The van der Waals surface area contributed by atoms with Crippen molar-refractivity contribution in [3.8, 4) is 0 Å². The van der Waals surface area contributed by atoms with Crippen molar-refractivity contribution < 1.29 is 18.4 Å². The highest BCUT2D eigenvalue weighted by molar-refractivity contribution is 9.10. The standard InChI is InChI=1S/C15H15BrN2O4/c1-20-6-4-18-11-8-14(16)22-13(11)7-12(18)15(19)17-9-10-3-2-5-21-10/h2-3,5,7-8H,4,6,9H2,1H3,(H,17,19). The lowest BCUT2D eigenvalue weighted by molar-refractivity contribution is 0.0936. The summed E-state index contributed by atoms with van der Waals surface area (Å²) in [6.45, 7) is 1.41. The second-order valence-corrected chi connectivity index (χ2v) is 5.52. The molecule has 3 aromatic heterocycles. The number of fused-ring (bicyclic) bond motifs is 1. The molecule has 0 aromatic carbocycles. The van der Waals surface area contributed by atoms with Gasteiger partial charge in [0.2, 0.25) is 0 Å². The lowest BCUT2D eigenvalue weighted by Crippen LogP contribution is -2.25. The Hall–Kier alpha value is -1.99. The monoisotopic (exact) mass is 366 g/mol. The third-order valence-corrected chi connectivity index (χ3v) is 3.71. The number of furan rings is 2. The summed E-state index contributed by atoms with van der Waals surface area (Å²) in [5, 5.41) is 2.84. The maximum absolute atomic E-state index is 12.4. The first-order valence-electron chi connectivity index (χ1n) is 6.77. The summed E-state index contributed by atoms with van der Waals surface area (Å²) in [6.07, 6.45) is 1.58. The molecule has 0 radical (unpaired) electrons. The predicted molar refractivity (Wildman–Crippen MR) is 83.7 cm³/mol. The van der Waals surface area contributed by atoms with E-state index in [1.165, 1.54) is 0 Å². The highest BCUT2D eigenvalue weighted by atomic mass is 79.9. The van der Waals surface area contributed by atoms with Gasteiger partial charge in [-0.3, -0.25) is 4.79 Å². The fourth-order valence-electron chi connectivity index (χ4n) is 2.29. The zero-order chi connectivity index (χ0) is 15.5. The van der Waals surface area contributed by atoms with Crippen LogP contribution in [0.3, 0.4) is 0 Å². The fourth-order valence-corrected chi connectivity index (χ4v) is 2.69. The minimum Gasteiger partial charge on any atom is -0.467 e. The van der Waals surface area contributed by atoms with E-state index in [0.717, 1.165) is 5.52 Å². The SMILES string of the molecule is COCCn1c(C(=O)NCc2ccco2)cc2oc(Br)cc21. The van der Waals surface area contributed by atoms with Crippen molar-refractivity contribution >= 4 is 32.9 Å². The van der Waals surface area contributed by atoms with Crippen LogP contribution in [-0.2, 0) is 17.8 Å². The van der Waals surface area contributed by atoms with Crippen molar-refractivity contribution in [2.75, 3.05) is 13.7 Å². The van der Waals surface area contributed by atoms with E-state index in [4.69, 9.17) is 13.6 Å². The molecule has 3 aromatic rings. The van der Waals surface area contributed by atoms with Crippen LogP contribution in [0.25, 0.3) is 11.1 Å². The normalized spacial score (nSPS) is 11.2. The van der Waals surface area contributed by atoms with Crippen LogP contribution in [0.5, 0.6) is 0 Å². The number of carbonyl (C=O) groups excluding carboxylic acids is 1. The quantitative estimate of drug-likeness (QED) is 0.727. The summed E-state index contributed by atoms with van der Waals surface area (Å²) >= 11 is 3.30. The predicted octanol–water partition coefficient (Wildman–Crippen LogP) is 3.17. The van der Waals surface area contributed by atoms with Gasteiger partial charge in [0, 0.05) is 25.8 Å². The molecule has 0 aliphatic rings. The first kappa shape index (κ1) is 14.9. The summed E-state index contributed by atoms with van der Waals surface area (Å²) in [7, 11) is 1.63. The largest absolute Gasteiger partial charge is 0.467 e. The number of amides is 1. The van der Waals surface area contributed by atoms with Crippen molar-refractivity contribution in [1.82, 2.24) is 9.88 Å². The van der Waals surface area contributed by atoms with Crippen LogP contribution in [0.4, 0.5) is 0 Å². The van der Waals surface area contributed by atoms with Crippen molar-refractivity contribution in [1.29, 1.82) is 0 Å². The van der Waals surface area contributed by atoms with E-state index in [9.17, 15) is 4.79 Å². The summed E-state index contributed by atoms with van der Waals surface area (Å²) < 4.78 is 18.4. The Morgan fingerprint density at radius 2 is 2.32 bits per heavy atom. The number of nitrogens with zero attached hydrogens (tertiary/aromatic N) is 1. The lowest BCUT2D eigenvalue weighted by atomic mass is 10.3. The molecule has 0 saturated carbocycles.